The van der Waals surface area contributed by atoms with Crippen LogP contribution in [0.4, 0.5) is 0 Å². The maximum atomic E-state index is 12.6. The van der Waals surface area contributed by atoms with E-state index >= 15 is 0 Å². The number of nitrogens with zero attached hydrogens (tertiary/aromatic N) is 2. The minimum Gasteiger partial charge on any atom is -0.271 e. The molecule has 0 saturated heterocycles. The van der Waals surface area contributed by atoms with Crippen molar-refractivity contribution in [1.82, 2.24) is 9.34 Å². The molecular formula is C12H20ClN2OP. The fraction of sp³-hybridized carbons (Fsp3) is 0.333. The summed E-state index contributed by atoms with van der Waals surface area (Å²) in [5.74, 6) is 0. The Morgan fingerprint density at radius 1 is 0.824 bits per heavy atom. The average Bonchev–Trinajstić information content (AvgIpc) is 2.28. The molecule has 17 heavy (non-hydrogen) atoms. The van der Waals surface area contributed by atoms with Crippen LogP contribution in [0.25, 0.3) is 0 Å². The van der Waals surface area contributed by atoms with Crippen molar-refractivity contribution in [3.05, 3.63) is 50.6 Å². The molecule has 0 aliphatic rings. The topological polar surface area (TPSA) is 23.6 Å². The molecule has 0 atom stereocenters. The van der Waals surface area contributed by atoms with Crippen LogP contribution in [0, 0.1) is 0 Å². The van der Waals surface area contributed by atoms with Gasteiger partial charge in [0.15, 0.2) is 0 Å². The van der Waals surface area contributed by atoms with E-state index in [1.807, 2.05) is 0 Å². The number of rotatable bonds is 10. The molecule has 0 aliphatic carbocycles. The second kappa shape index (κ2) is 8.48. The third kappa shape index (κ3) is 5.05. The maximum absolute atomic E-state index is 12.6. The zero-order chi connectivity index (χ0) is 13.3. The van der Waals surface area contributed by atoms with E-state index in [1.165, 1.54) is 0 Å². The van der Waals surface area contributed by atoms with Gasteiger partial charge >= 0.3 is 6.80 Å². The van der Waals surface area contributed by atoms with Gasteiger partial charge in [-0.3, -0.25) is 4.57 Å². The second-order valence-corrected chi connectivity index (χ2v) is 6.77. The second-order valence-electron chi connectivity index (χ2n) is 3.37. The van der Waals surface area contributed by atoms with Crippen molar-refractivity contribution >= 4 is 18.0 Å². The number of hydrogen-bond donors (Lipinski definition) is 0. The summed E-state index contributed by atoms with van der Waals surface area (Å²) >= 11 is 6.20. The fourth-order valence-corrected chi connectivity index (χ4v) is 3.69. The predicted molar refractivity (Wildman–Crippen MR) is 77.4 cm³/mol. The molecule has 0 aromatic heterocycles. The Labute approximate surface area is 109 Å². The molecule has 0 saturated carbocycles. The molecule has 0 aromatic carbocycles. The summed E-state index contributed by atoms with van der Waals surface area (Å²) in [5.41, 5.74) is 0. The van der Waals surface area contributed by atoms with Gasteiger partial charge in [0.25, 0.3) is 0 Å². The molecule has 0 aromatic rings. The van der Waals surface area contributed by atoms with Gasteiger partial charge in [0.2, 0.25) is 0 Å². The van der Waals surface area contributed by atoms with Crippen LogP contribution in [0.2, 0.25) is 0 Å². The highest BCUT2D eigenvalue weighted by Gasteiger charge is 2.32. The Hall–Kier alpha value is -0.600. The van der Waals surface area contributed by atoms with Crippen molar-refractivity contribution in [3.63, 3.8) is 0 Å². The summed E-state index contributed by atoms with van der Waals surface area (Å²) in [6, 6.07) is 0. The van der Waals surface area contributed by atoms with Crippen LogP contribution in [0.1, 0.15) is 0 Å². The minimum atomic E-state index is -3.13. The summed E-state index contributed by atoms with van der Waals surface area (Å²) in [5, 5.41) is 0. The van der Waals surface area contributed by atoms with Crippen molar-refractivity contribution < 1.29 is 4.57 Å². The van der Waals surface area contributed by atoms with E-state index in [0.29, 0.717) is 26.2 Å². The average molecular weight is 275 g/mol. The quantitative estimate of drug-likeness (QED) is 0.448. The molecule has 0 fully saturated rings. The van der Waals surface area contributed by atoms with E-state index in [4.69, 9.17) is 11.2 Å². The van der Waals surface area contributed by atoms with Crippen LogP contribution in [0.5, 0.6) is 0 Å². The summed E-state index contributed by atoms with van der Waals surface area (Å²) in [6.45, 7) is 13.2. The zero-order valence-corrected chi connectivity index (χ0v) is 11.7. The molecule has 0 amide bonds. The number of halogens is 1. The molecule has 96 valence electrons. The summed E-state index contributed by atoms with van der Waals surface area (Å²) in [6.07, 6.45) is 6.66. The standard InChI is InChI=1S/C12H20ClN2OP/c1-5-9-14(10-6-2)17(13,16)15(11-7-3)12-8-4/h5-8H,1-4,9-12H2. The lowest BCUT2D eigenvalue weighted by Crippen LogP contribution is -2.30. The Bertz CT molecular complexity index is 282. The van der Waals surface area contributed by atoms with Crippen molar-refractivity contribution in [2.75, 3.05) is 26.2 Å². The van der Waals surface area contributed by atoms with Crippen molar-refractivity contribution in [1.29, 1.82) is 0 Å². The Balaban J connectivity index is 5.02. The van der Waals surface area contributed by atoms with Crippen LogP contribution in [0.15, 0.2) is 50.6 Å². The smallest absolute Gasteiger partial charge is 0.271 e. The molecule has 0 bridgehead atoms. The van der Waals surface area contributed by atoms with Gasteiger partial charge in [-0.05, 0) is 11.2 Å². The lowest BCUT2D eigenvalue weighted by atomic mass is 10.5. The van der Waals surface area contributed by atoms with Gasteiger partial charge in [0.05, 0.1) is 0 Å². The first-order valence-corrected chi connectivity index (χ1v) is 7.80. The van der Waals surface area contributed by atoms with Crippen LogP contribution < -0.4 is 0 Å². The molecule has 5 heteroatoms. The van der Waals surface area contributed by atoms with E-state index in [-0.39, 0.29) is 0 Å². The van der Waals surface area contributed by atoms with Crippen LogP contribution >= 0.6 is 18.0 Å². The molecular weight excluding hydrogens is 255 g/mol. The van der Waals surface area contributed by atoms with E-state index in [9.17, 15) is 4.57 Å². The molecule has 0 N–H and O–H groups in total. The van der Waals surface area contributed by atoms with Gasteiger partial charge < -0.3 is 0 Å². The third-order valence-electron chi connectivity index (χ3n) is 2.06. The normalized spacial score (nSPS) is 11.5. The van der Waals surface area contributed by atoms with Crippen molar-refractivity contribution in [3.8, 4) is 0 Å². The lowest BCUT2D eigenvalue weighted by Gasteiger charge is -2.32. The summed E-state index contributed by atoms with van der Waals surface area (Å²) in [4.78, 5) is 0. The highest BCUT2D eigenvalue weighted by Crippen LogP contribution is 2.57. The van der Waals surface area contributed by atoms with E-state index < -0.39 is 6.80 Å². The minimum absolute atomic E-state index is 0.442. The Morgan fingerprint density at radius 2 is 1.06 bits per heavy atom. The summed E-state index contributed by atoms with van der Waals surface area (Å²) in [7, 11) is 0. The number of hydrogen-bond acceptors (Lipinski definition) is 1. The first-order chi connectivity index (χ1) is 8.04. The summed E-state index contributed by atoms with van der Waals surface area (Å²) < 4.78 is 15.9. The van der Waals surface area contributed by atoms with Gasteiger partial charge in [-0.1, -0.05) is 24.3 Å². The highest BCUT2D eigenvalue weighted by atomic mass is 35.7. The van der Waals surface area contributed by atoms with Crippen LogP contribution in [-0.4, -0.2) is 35.5 Å². The Kier molecular flexibility index (Phi) is 8.19. The first-order valence-electron chi connectivity index (χ1n) is 5.28. The third-order valence-corrected chi connectivity index (χ3v) is 5.39. The lowest BCUT2D eigenvalue weighted by molar-refractivity contribution is 0.406. The molecule has 0 aliphatic heterocycles. The van der Waals surface area contributed by atoms with Gasteiger partial charge in [-0.25, -0.2) is 9.34 Å². The Morgan fingerprint density at radius 3 is 1.24 bits per heavy atom. The maximum Gasteiger partial charge on any atom is 0.305 e. The predicted octanol–water partition coefficient (Wildman–Crippen LogP) is 3.68. The molecule has 3 nitrogen and oxygen atoms in total. The molecule has 0 radical (unpaired) electrons. The highest BCUT2D eigenvalue weighted by molar-refractivity contribution is 7.85. The molecule has 0 rings (SSSR count). The SMILES string of the molecule is C=CCN(CC=C)P(=O)(Cl)N(CC=C)CC=C. The first kappa shape index (κ1) is 16.4. The molecule has 0 unspecified atom stereocenters. The van der Waals surface area contributed by atoms with Gasteiger partial charge in [0.1, 0.15) is 0 Å². The molecule has 0 spiro atoms. The van der Waals surface area contributed by atoms with E-state index in [1.54, 1.807) is 33.6 Å². The largest absolute Gasteiger partial charge is 0.305 e. The zero-order valence-electron chi connectivity index (χ0n) is 10.1. The van der Waals surface area contributed by atoms with Crippen molar-refractivity contribution in [2.45, 2.75) is 0 Å². The fourth-order valence-electron chi connectivity index (χ4n) is 1.33. The monoisotopic (exact) mass is 274 g/mol. The van der Waals surface area contributed by atoms with Gasteiger partial charge in [0, 0.05) is 26.2 Å². The van der Waals surface area contributed by atoms with Gasteiger partial charge in [-0.15, -0.1) is 26.3 Å². The van der Waals surface area contributed by atoms with Crippen molar-refractivity contribution in [2.24, 2.45) is 0 Å². The van der Waals surface area contributed by atoms with E-state index in [0.717, 1.165) is 0 Å². The van der Waals surface area contributed by atoms with Crippen LogP contribution in [0.3, 0.4) is 0 Å². The van der Waals surface area contributed by atoms with E-state index in [2.05, 4.69) is 26.3 Å². The van der Waals surface area contributed by atoms with Gasteiger partial charge in [-0.2, -0.15) is 0 Å². The van der Waals surface area contributed by atoms with Crippen LogP contribution in [-0.2, 0) is 4.57 Å². The molecule has 0 heterocycles.